The van der Waals surface area contributed by atoms with Crippen molar-refractivity contribution in [2.45, 2.75) is 13.5 Å². The third-order valence-electron chi connectivity index (χ3n) is 1.68. The van der Waals surface area contributed by atoms with Crippen molar-refractivity contribution < 1.29 is 0 Å². The quantitative estimate of drug-likeness (QED) is 0.434. The number of hydrogen-bond acceptors (Lipinski definition) is 5. The second kappa shape index (κ2) is 3.68. The molecule has 0 aliphatic carbocycles. The van der Waals surface area contributed by atoms with E-state index in [9.17, 15) is 4.79 Å². The Hall–Kier alpha value is -1.92. The van der Waals surface area contributed by atoms with Crippen molar-refractivity contribution in [2.24, 2.45) is 5.11 Å². The van der Waals surface area contributed by atoms with Crippen LogP contribution in [-0.4, -0.2) is 14.6 Å². The zero-order valence-electron chi connectivity index (χ0n) is 7.78. The molecule has 0 spiro atoms. The average molecular weight is 222 g/mol. The van der Waals surface area contributed by atoms with E-state index in [1.165, 1.54) is 21.9 Å². The Labute approximate surface area is 87.6 Å². The van der Waals surface area contributed by atoms with Gasteiger partial charge in [0.25, 0.3) is 5.56 Å². The molecule has 0 aliphatic rings. The summed E-state index contributed by atoms with van der Waals surface area (Å²) in [6, 6.07) is 1.41. The van der Waals surface area contributed by atoms with Crippen molar-refractivity contribution in [3.05, 3.63) is 37.6 Å². The van der Waals surface area contributed by atoms with Crippen LogP contribution in [0.15, 0.2) is 16.0 Å². The lowest BCUT2D eigenvalue weighted by molar-refractivity contribution is 0.844. The molecule has 0 radical (unpaired) electrons. The van der Waals surface area contributed by atoms with Crippen LogP contribution >= 0.6 is 11.3 Å². The van der Waals surface area contributed by atoms with E-state index in [0.29, 0.717) is 15.7 Å². The van der Waals surface area contributed by atoms with Gasteiger partial charge in [0, 0.05) is 16.7 Å². The highest BCUT2D eigenvalue weighted by molar-refractivity contribution is 7.16. The maximum Gasteiger partial charge on any atom is 0.275 e. The third kappa shape index (κ3) is 1.80. The average Bonchev–Trinajstić information content (AvgIpc) is 2.57. The van der Waals surface area contributed by atoms with E-state index >= 15 is 0 Å². The van der Waals surface area contributed by atoms with E-state index in [4.69, 9.17) is 5.53 Å². The van der Waals surface area contributed by atoms with Crippen molar-refractivity contribution in [3.8, 4) is 0 Å². The molecule has 0 aromatic carbocycles. The highest BCUT2D eigenvalue weighted by atomic mass is 32.1. The summed E-state index contributed by atoms with van der Waals surface area (Å²) >= 11 is 1.24. The molecule has 0 amide bonds. The molecule has 2 aromatic heterocycles. The molecule has 0 saturated carbocycles. The molecular weight excluding hydrogens is 216 g/mol. The fourth-order valence-corrected chi connectivity index (χ4v) is 1.98. The zero-order chi connectivity index (χ0) is 10.8. The number of azide groups is 1. The molecule has 0 fully saturated rings. The summed E-state index contributed by atoms with van der Waals surface area (Å²) in [7, 11) is 0. The Bertz CT molecular complexity index is 607. The highest BCUT2D eigenvalue weighted by Crippen LogP contribution is 2.11. The van der Waals surface area contributed by atoms with Gasteiger partial charge in [-0.15, -0.1) is 0 Å². The zero-order valence-corrected chi connectivity index (χ0v) is 8.60. The SMILES string of the molecule is Cc1cc(=O)n2nc(CN=[N+]=[N-])sc2n1. The van der Waals surface area contributed by atoms with Crippen molar-refractivity contribution in [1.82, 2.24) is 14.6 Å². The second-order valence-corrected chi connectivity index (χ2v) is 3.86. The molecule has 7 nitrogen and oxygen atoms in total. The fourth-order valence-electron chi connectivity index (χ4n) is 1.12. The summed E-state index contributed by atoms with van der Waals surface area (Å²) in [5, 5.41) is 7.93. The van der Waals surface area contributed by atoms with Crippen molar-refractivity contribution in [1.29, 1.82) is 0 Å². The molecule has 2 aromatic rings. The summed E-state index contributed by atoms with van der Waals surface area (Å²) in [6.45, 7) is 1.89. The van der Waals surface area contributed by atoms with E-state index in [1.807, 2.05) is 0 Å². The van der Waals surface area contributed by atoms with Gasteiger partial charge in [0.1, 0.15) is 5.01 Å². The summed E-state index contributed by atoms with van der Waals surface area (Å²) in [6.07, 6.45) is 0. The van der Waals surface area contributed by atoms with Crippen LogP contribution < -0.4 is 5.56 Å². The molecule has 2 heterocycles. The Kier molecular flexibility index (Phi) is 2.36. The Morgan fingerprint density at radius 2 is 2.53 bits per heavy atom. The van der Waals surface area contributed by atoms with Crippen LogP contribution in [0.25, 0.3) is 15.4 Å². The minimum Gasteiger partial charge on any atom is -0.267 e. The maximum atomic E-state index is 11.5. The first-order valence-electron chi connectivity index (χ1n) is 4.08. The van der Waals surface area contributed by atoms with Crippen LogP contribution in [0.2, 0.25) is 0 Å². The third-order valence-corrected chi connectivity index (χ3v) is 2.58. The van der Waals surface area contributed by atoms with Crippen molar-refractivity contribution in [3.63, 3.8) is 0 Å². The maximum absolute atomic E-state index is 11.5. The van der Waals surface area contributed by atoms with E-state index in [-0.39, 0.29) is 12.1 Å². The topological polar surface area (TPSA) is 96.0 Å². The van der Waals surface area contributed by atoms with Gasteiger partial charge in [-0.05, 0) is 12.5 Å². The van der Waals surface area contributed by atoms with Crippen LogP contribution in [0, 0.1) is 6.92 Å². The summed E-state index contributed by atoms with van der Waals surface area (Å²) in [5.74, 6) is 0. The van der Waals surface area contributed by atoms with Gasteiger partial charge in [0.05, 0.1) is 6.54 Å². The number of rotatable bonds is 2. The first kappa shape index (κ1) is 9.63. The molecular formula is C7H6N6OS. The highest BCUT2D eigenvalue weighted by Gasteiger charge is 2.06. The molecule has 15 heavy (non-hydrogen) atoms. The van der Waals surface area contributed by atoms with Gasteiger partial charge < -0.3 is 0 Å². The summed E-state index contributed by atoms with van der Waals surface area (Å²) in [4.78, 5) is 18.7. The molecule has 0 N–H and O–H groups in total. The number of aromatic nitrogens is 3. The molecule has 0 atom stereocenters. The van der Waals surface area contributed by atoms with Gasteiger partial charge in [-0.3, -0.25) is 4.79 Å². The van der Waals surface area contributed by atoms with Crippen LogP contribution in [0.3, 0.4) is 0 Å². The normalized spacial score (nSPS) is 10.2. The predicted molar refractivity (Wildman–Crippen MR) is 54.7 cm³/mol. The lowest BCUT2D eigenvalue weighted by Crippen LogP contribution is -2.14. The van der Waals surface area contributed by atoms with Crippen molar-refractivity contribution >= 4 is 16.3 Å². The minimum absolute atomic E-state index is 0.142. The van der Waals surface area contributed by atoms with E-state index in [1.54, 1.807) is 6.92 Å². The number of fused-ring (bicyclic) bond motifs is 1. The smallest absolute Gasteiger partial charge is 0.267 e. The molecule has 0 aliphatic heterocycles. The van der Waals surface area contributed by atoms with Gasteiger partial charge in [-0.2, -0.15) is 9.61 Å². The second-order valence-electron chi connectivity index (χ2n) is 2.81. The Balaban J connectivity index is 2.60. The first-order valence-corrected chi connectivity index (χ1v) is 4.89. The lowest BCUT2D eigenvalue weighted by atomic mass is 10.5. The van der Waals surface area contributed by atoms with Crippen LogP contribution in [0.4, 0.5) is 0 Å². The predicted octanol–water partition coefficient (Wildman–Crippen LogP) is 1.27. The summed E-state index contributed by atoms with van der Waals surface area (Å²) in [5.41, 5.74) is 8.58. The van der Waals surface area contributed by atoms with Gasteiger partial charge in [-0.1, -0.05) is 16.5 Å². The Morgan fingerprint density at radius 1 is 1.73 bits per heavy atom. The first-order chi connectivity index (χ1) is 7.20. The molecule has 0 unspecified atom stereocenters. The van der Waals surface area contributed by atoms with Gasteiger partial charge in [-0.25, -0.2) is 4.98 Å². The molecule has 8 heteroatoms. The standard InChI is InChI=1S/C7H6N6OS/c1-4-2-6(14)13-7(10-4)15-5(11-13)3-9-12-8/h2H,3H2,1H3. The monoisotopic (exact) mass is 222 g/mol. The largest absolute Gasteiger partial charge is 0.275 e. The van der Waals surface area contributed by atoms with E-state index < -0.39 is 0 Å². The van der Waals surface area contributed by atoms with Crippen molar-refractivity contribution in [2.75, 3.05) is 0 Å². The van der Waals surface area contributed by atoms with Crippen LogP contribution in [0.5, 0.6) is 0 Å². The van der Waals surface area contributed by atoms with Crippen LogP contribution in [-0.2, 0) is 6.54 Å². The molecule has 0 bridgehead atoms. The summed E-state index contributed by atoms with van der Waals surface area (Å²) < 4.78 is 1.21. The fraction of sp³-hybridized carbons (Fsp3) is 0.286. The number of aryl methyl sites for hydroxylation is 1. The number of nitrogens with zero attached hydrogens (tertiary/aromatic N) is 6. The van der Waals surface area contributed by atoms with Gasteiger partial charge in [0.2, 0.25) is 4.96 Å². The van der Waals surface area contributed by atoms with Gasteiger partial charge in [0.15, 0.2) is 0 Å². The van der Waals surface area contributed by atoms with Crippen LogP contribution in [0.1, 0.15) is 10.7 Å². The number of hydrogen-bond donors (Lipinski definition) is 0. The van der Waals surface area contributed by atoms with Gasteiger partial charge >= 0.3 is 0 Å². The lowest BCUT2D eigenvalue weighted by Gasteiger charge is -1.89. The molecule has 76 valence electrons. The van der Waals surface area contributed by atoms with E-state index in [2.05, 4.69) is 20.1 Å². The Morgan fingerprint density at radius 3 is 3.27 bits per heavy atom. The molecule has 2 rings (SSSR count). The minimum atomic E-state index is -0.221. The molecule has 0 saturated heterocycles. The van der Waals surface area contributed by atoms with E-state index in [0.717, 1.165) is 0 Å².